The molecule has 21 heavy (non-hydrogen) atoms. The molecule has 0 radical (unpaired) electrons. The van der Waals surface area contributed by atoms with Crippen LogP contribution in [0.25, 0.3) is 0 Å². The number of nitro benzene ring substituents is 1. The first-order valence-electron chi connectivity index (χ1n) is 6.13. The minimum absolute atomic E-state index is 0.105. The predicted molar refractivity (Wildman–Crippen MR) is 79.7 cm³/mol. The molecule has 0 aliphatic heterocycles. The highest BCUT2D eigenvalue weighted by molar-refractivity contribution is 7.99. The molecule has 0 bridgehead atoms. The average molecular weight is 303 g/mol. The highest BCUT2D eigenvalue weighted by Crippen LogP contribution is 2.36. The summed E-state index contributed by atoms with van der Waals surface area (Å²) in [4.78, 5) is 23.6. The normalized spacial score (nSPS) is 10.2. The van der Waals surface area contributed by atoms with Gasteiger partial charge in [0.25, 0.3) is 5.69 Å². The van der Waals surface area contributed by atoms with Crippen LogP contribution in [0.3, 0.4) is 0 Å². The zero-order valence-electron chi connectivity index (χ0n) is 11.5. The number of hydrogen-bond donors (Lipinski definition) is 0. The molecule has 0 saturated heterocycles. The molecule has 5 nitrogen and oxygen atoms in total. The van der Waals surface area contributed by atoms with Crippen LogP contribution in [0.5, 0.6) is 0 Å². The Kier molecular flexibility index (Phi) is 4.59. The smallest absolute Gasteiger partial charge is 0.338 e. The fourth-order valence-corrected chi connectivity index (χ4v) is 2.77. The van der Waals surface area contributed by atoms with Gasteiger partial charge >= 0.3 is 5.97 Å². The minimum atomic E-state index is -0.592. The lowest BCUT2D eigenvalue weighted by Gasteiger charge is -2.07. The maximum absolute atomic E-state index is 11.5. The van der Waals surface area contributed by atoms with Crippen LogP contribution in [0, 0.1) is 17.0 Å². The van der Waals surface area contributed by atoms with Crippen molar-refractivity contribution in [3.63, 3.8) is 0 Å². The van der Waals surface area contributed by atoms with Crippen LogP contribution < -0.4 is 0 Å². The summed E-state index contributed by atoms with van der Waals surface area (Å²) in [6, 6.07) is 12.0. The number of carbonyl (C=O) groups is 1. The van der Waals surface area contributed by atoms with Gasteiger partial charge in [0.05, 0.1) is 22.5 Å². The Morgan fingerprint density at radius 2 is 1.90 bits per heavy atom. The van der Waals surface area contributed by atoms with Gasteiger partial charge in [-0.3, -0.25) is 10.1 Å². The highest BCUT2D eigenvalue weighted by Gasteiger charge is 2.19. The van der Waals surface area contributed by atoms with Gasteiger partial charge in [0.2, 0.25) is 0 Å². The number of esters is 1. The molecule has 108 valence electrons. The van der Waals surface area contributed by atoms with Gasteiger partial charge < -0.3 is 4.74 Å². The minimum Gasteiger partial charge on any atom is -0.465 e. The molecule has 2 rings (SSSR count). The van der Waals surface area contributed by atoms with Gasteiger partial charge in [-0.1, -0.05) is 30.0 Å². The van der Waals surface area contributed by atoms with Crippen molar-refractivity contribution in [1.82, 2.24) is 0 Å². The van der Waals surface area contributed by atoms with Crippen LogP contribution in [0.15, 0.2) is 52.3 Å². The van der Waals surface area contributed by atoms with E-state index in [9.17, 15) is 14.9 Å². The maximum atomic E-state index is 11.5. The summed E-state index contributed by atoms with van der Waals surface area (Å²) in [5, 5.41) is 11.2. The molecule has 0 fully saturated rings. The molecule has 0 aliphatic rings. The Morgan fingerprint density at radius 1 is 1.19 bits per heavy atom. The second-order valence-electron chi connectivity index (χ2n) is 4.30. The van der Waals surface area contributed by atoms with E-state index in [1.165, 1.54) is 31.0 Å². The summed E-state index contributed by atoms with van der Waals surface area (Å²) in [7, 11) is 1.24. The van der Waals surface area contributed by atoms with Crippen LogP contribution in [0.4, 0.5) is 5.69 Å². The van der Waals surface area contributed by atoms with E-state index < -0.39 is 10.9 Å². The highest BCUT2D eigenvalue weighted by atomic mass is 32.2. The first kappa shape index (κ1) is 15.1. The quantitative estimate of drug-likeness (QED) is 0.487. The van der Waals surface area contributed by atoms with Gasteiger partial charge in [0.15, 0.2) is 0 Å². The lowest BCUT2D eigenvalue weighted by molar-refractivity contribution is -0.387. The summed E-state index contributed by atoms with van der Waals surface area (Å²) < 4.78 is 4.58. The van der Waals surface area contributed by atoms with Gasteiger partial charge in [-0.25, -0.2) is 4.79 Å². The fraction of sp³-hybridized carbons (Fsp3) is 0.133. The Balaban J connectivity index is 2.42. The third-order valence-electron chi connectivity index (χ3n) is 2.89. The fourth-order valence-electron chi connectivity index (χ4n) is 1.78. The number of rotatable bonds is 4. The molecule has 2 aromatic rings. The zero-order chi connectivity index (χ0) is 15.4. The lowest BCUT2D eigenvalue weighted by Crippen LogP contribution is -2.02. The third kappa shape index (κ3) is 3.41. The van der Waals surface area contributed by atoms with Crippen molar-refractivity contribution in [2.75, 3.05) is 7.11 Å². The first-order valence-corrected chi connectivity index (χ1v) is 6.95. The number of nitro groups is 1. The van der Waals surface area contributed by atoms with Crippen molar-refractivity contribution in [2.45, 2.75) is 16.7 Å². The Hall–Kier alpha value is -2.34. The molecule has 0 unspecified atom stereocenters. The van der Waals surface area contributed by atoms with Crippen molar-refractivity contribution < 1.29 is 14.5 Å². The topological polar surface area (TPSA) is 69.4 Å². The molecule has 0 amide bonds. The number of nitrogens with zero attached hydrogens (tertiary/aromatic N) is 1. The largest absolute Gasteiger partial charge is 0.465 e. The molecule has 0 saturated carbocycles. The average Bonchev–Trinajstić information content (AvgIpc) is 2.49. The third-order valence-corrected chi connectivity index (χ3v) is 4.13. The Morgan fingerprint density at radius 3 is 2.52 bits per heavy atom. The number of carbonyl (C=O) groups excluding carboxylic acids is 1. The first-order chi connectivity index (χ1) is 10.0. The molecule has 0 spiro atoms. The van der Waals surface area contributed by atoms with Gasteiger partial charge in [-0.05, 0) is 30.7 Å². The maximum Gasteiger partial charge on any atom is 0.338 e. The molecule has 0 aliphatic carbocycles. The van der Waals surface area contributed by atoms with Gasteiger partial charge in [-0.2, -0.15) is 0 Å². The monoisotopic (exact) mass is 303 g/mol. The molecule has 0 heterocycles. The Bertz CT molecular complexity index is 700. The lowest BCUT2D eigenvalue weighted by atomic mass is 10.2. The molecule has 2 aromatic carbocycles. The summed E-state index contributed by atoms with van der Waals surface area (Å²) in [6.45, 7) is 1.94. The zero-order valence-corrected chi connectivity index (χ0v) is 12.3. The van der Waals surface area contributed by atoms with Crippen molar-refractivity contribution >= 4 is 23.4 Å². The standard InChI is InChI=1S/C15H13NO4S/c1-10-5-3-4-6-13(10)21-14-8-7-11(15(17)20-2)9-12(14)16(18)19/h3-9H,1-2H3. The van der Waals surface area contributed by atoms with Gasteiger partial charge in [0.1, 0.15) is 0 Å². The van der Waals surface area contributed by atoms with E-state index in [0.29, 0.717) is 4.90 Å². The van der Waals surface area contributed by atoms with Crippen molar-refractivity contribution in [3.05, 3.63) is 63.7 Å². The van der Waals surface area contributed by atoms with E-state index in [4.69, 9.17) is 0 Å². The predicted octanol–water partition coefficient (Wildman–Crippen LogP) is 3.84. The second kappa shape index (κ2) is 6.41. The van der Waals surface area contributed by atoms with Crippen LogP contribution in [-0.4, -0.2) is 18.0 Å². The van der Waals surface area contributed by atoms with E-state index >= 15 is 0 Å². The van der Waals surface area contributed by atoms with Crippen LogP contribution in [0.1, 0.15) is 15.9 Å². The van der Waals surface area contributed by atoms with Crippen molar-refractivity contribution in [2.24, 2.45) is 0 Å². The number of benzene rings is 2. The SMILES string of the molecule is COC(=O)c1ccc(Sc2ccccc2C)c([N+](=O)[O-])c1. The van der Waals surface area contributed by atoms with Crippen molar-refractivity contribution in [3.8, 4) is 0 Å². The Labute approximate surface area is 126 Å². The number of aryl methyl sites for hydroxylation is 1. The molecule has 0 atom stereocenters. The van der Waals surface area contributed by atoms with Crippen LogP contribution >= 0.6 is 11.8 Å². The molecular weight excluding hydrogens is 290 g/mol. The van der Waals surface area contributed by atoms with E-state index in [1.54, 1.807) is 6.07 Å². The summed E-state index contributed by atoms with van der Waals surface area (Å²) in [6.07, 6.45) is 0. The van der Waals surface area contributed by atoms with E-state index in [2.05, 4.69) is 4.74 Å². The number of hydrogen-bond acceptors (Lipinski definition) is 5. The van der Waals surface area contributed by atoms with E-state index in [1.807, 2.05) is 31.2 Å². The second-order valence-corrected chi connectivity index (χ2v) is 5.38. The summed E-state index contributed by atoms with van der Waals surface area (Å²) in [5.41, 5.74) is 1.10. The molecular formula is C15H13NO4S. The van der Waals surface area contributed by atoms with E-state index in [-0.39, 0.29) is 11.3 Å². The van der Waals surface area contributed by atoms with Crippen LogP contribution in [0.2, 0.25) is 0 Å². The number of ether oxygens (including phenoxy) is 1. The van der Waals surface area contributed by atoms with Crippen molar-refractivity contribution in [1.29, 1.82) is 0 Å². The molecule has 6 heteroatoms. The summed E-state index contributed by atoms with van der Waals surface area (Å²) in [5.74, 6) is -0.592. The van der Waals surface area contributed by atoms with Crippen LogP contribution in [-0.2, 0) is 4.74 Å². The summed E-state index contributed by atoms with van der Waals surface area (Å²) >= 11 is 1.30. The molecule has 0 N–H and O–H groups in total. The molecule has 0 aromatic heterocycles. The van der Waals surface area contributed by atoms with E-state index in [0.717, 1.165) is 10.5 Å². The van der Waals surface area contributed by atoms with Gasteiger partial charge in [-0.15, -0.1) is 0 Å². The van der Waals surface area contributed by atoms with Gasteiger partial charge in [0, 0.05) is 11.0 Å². The number of methoxy groups -OCH3 is 1.